The summed E-state index contributed by atoms with van der Waals surface area (Å²) in [6.07, 6.45) is -0.998. The van der Waals surface area contributed by atoms with Crippen LogP contribution < -0.4 is 5.43 Å². The Hall–Kier alpha value is -2.29. The molecule has 9 heteroatoms. The van der Waals surface area contributed by atoms with Gasteiger partial charge < -0.3 is 10.2 Å². The molecule has 0 saturated heterocycles. The molecule has 1 aromatic rings. The number of ketones is 1. The highest BCUT2D eigenvalue weighted by Gasteiger charge is 2.22. The normalized spacial score (nSPS) is 11.0. The maximum atomic E-state index is 13.2. The lowest BCUT2D eigenvalue weighted by molar-refractivity contribution is -0.139. The summed E-state index contributed by atoms with van der Waals surface area (Å²) < 4.78 is 13.4. The van der Waals surface area contributed by atoms with Crippen LogP contribution >= 0.6 is 15.9 Å². The summed E-state index contributed by atoms with van der Waals surface area (Å²) in [6.45, 7) is 0. The molecule has 1 aromatic carbocycles. The minimum atomic E-state index is -1.68. The minimum absolute atomic E-state index is 0.104. The molecule has 0 heterocycles. The molecule has 20 heavy (non-hydrogen) atoms. The molecule has 0 radical (unpaired) electrons. The molecule has 0 amide bonds. The molecule has 0 aliphatic heterocycles. The predicted octanol–water partition coefficient (Wildman–Crippen LogP) is 1.48. The second-order valence-corrected chi connectivity index (χ2v) is 4.35. The maximum absolute atomic E-state index is 13.2. The Kier molecular flexibility index (Phi) is 5.32. The Morgan fingerprint density at radius 3 is 2.45 bits per heavy atom. The lowest BCUT2D eigenvalue weighted by atomic mass is 10.2. The standard InChI is InChI=1S/C11H8BrFN2O5/c12-6-2-1-5(3-7(6)13)14-15-10(11(19)20)8(16)4-9(17)18/h1-3,14H,4H2,(H,17,18)(H,19,20). The smallest absolute Gasteiger partial charge is 0.360 e. The number of anilines is 1. The van der Waals surface area contributed by atoms with Crippen LogP contribution in [0.1, 0.15) is 6.42 Å². The summed E-state index contributed by atoms with van der Waals surface area (Å²) in [5.41, 5.74) is 1.31. The topological polar surface area (TPSA) is 116 Å². The summed E-state index contributed by atoms with van der Waals surface area (Å²) in [4.78, 5) is 32.5. The van der Waals surface area contributed by atoms with Crippen molar-refractivity contribution in [3.05, 3.63) is 28.5 Å². The molecule has 0 fully saturated rings. The van der Waals surface area contributed by atoms with Crippen molar-refractivity contribution >= 4 is 45.1 Å². The van der Waals surface area contributed by atoms with Crippen LogP contribution in [0.2, 0.25) is 0 Å². The van der Waals surface area contributed by atoms with Crippen molar-refractivity contribution in [1.82, 2.24) is 0 Å². The van der Waals surface area contributed by atoms with Crippen LogP contribution in [0.4, 0.5) is 10.1 Å². The number of halogens is 2. The SMILES string of the molecule is O=C(O)CC(=O)C(=NNc1ccc(Br)c(F)c1)C(=O)O. The highest BCUT2D eigenvalue weighted by molar-refractivity contribution is 9.10. The highest BCUT2D eigenvalue weighted by Crippen LogP contribution is 2.19. The molecular weight excluding hydrogens is 339 g/mol. The van der Waals surface area contributed by atoms with Gasteiger partial charge in [-0.3, -0.25) is 15.0 Å². The predicted molar refractivity (Wildman–Crippen MR) is 70.1 cm³/mol. The van der Waals surface area contributed by atoms with Gasteiger partial charge in [0.2, 0.25) is 11.5 Å². The third kappa shape index (κ3) is 4.43. The van der Waals surface area contributed by atoms with Gasteiger partial charge in [-0.15, -0.1) is 0 Å². The largest absolute Gasteiger partial charge is 0.481 e. The zero-order chi connectivity index (χ0) is 15.3. The lowest BCUT2D eigenvalue weighted by Crippen LogP contribution is -2.27. The second kappa shape index (κ2) is 6.75. The average molecular weight is 347 g/mol. The van der Waals surface area contributed by atoms with Gasteiger partial charge in [0.25, 0.3) is 0 Å². The summed E-state index contributed by atoms with van der Waals surface area (Å²) >= 11 is 2.93. The Bertz CT molecular complexity index is 602. The number of carbonyl (C=O) groups is 3. The number of Topliss-reactive ketones (excluding diaryl/α,β-unsaturated/α-hetero) is 1. The van der Waals surface area contributed by atoms with Crippen molar-refractivity contribution in [2.75, 3.05) is 5.43 Å². The molecule has 7 nitrogen and oxygen atoms in total. The summed E-state index contributed by atoms with van der Waals surface area (Å²) in [6, 6.07) is 3.76. The fraction of sp³-hybridized carbons (Fsp3) is 0.0909. The van der Waals surface area contributed by atoms with Gasteiger partial charge in [-0.2, -0.15) is 5.10 Å². The Morgan fingerprint density at radius 1 is 1.30 bits per heavy atom. The maximum Gasteiger partial charge on any atom is 0.360 e. The molecule has 0 atom stereocenters. The number of rotatable bonds is 6. The third-order valence-electron chi connectivity index (χ3n) is 1.99. The van der Waals surface area contributed by atoms with Crippen molar-refractivity contribution in [3.63, 3.8) is 0 Å². The van der Waals surface area contributed by atoms with Crippen molar-refractivity contribution < 1.29 is 29.0 Å². The number of carboxylic acids is 2. The van der Waals surface area contributed by atoms with Crippen LogP contribution in [0.3, 0.4) is 0 Å². The van der Waals surface area contributed by atoms with Crippen molar-refractivity contribution in [1.29, 1.82) is 0 Å². The second-order valence-electron chi connectivity index (χ2n) is 3.50. The zero-order valence-electron chi connectivity index (χ0n) is 9.76. The first kappa shape index (κ1) is 15.8. The van der Waals surface area contributed by atoms with Crippen LogP contribution in [-0.4, -0.2) is 33.6 Å². The molecular formula is C11H8BrFN2O5. The van der Waals surface area contributed by atoms with Gasteiger partial charge in [-0.1, -0.05) is 0 Å². The number of aliphatic carboxylic acids is 2. The van der Waals surface area contributed by atoms with Gasteiger partial charge in [0.05, 0.1) is 10.2 Å². The number of hydrogen-bond donors (Lipinski definition) is 3. The molecule has 1 rings (SSSR count). The van der Waals surface area contributed by atoms with Crippen LogP contribution in [0.5, 0.6) is 0 Å². The van der Waals surface area contributed by atoms with E-state index >= 15 is 0 Å². The Morgan fingerprint density at radius 2 is 1.95 bits per heavy atom. The van der Waals surface area contributed by atoms with Gasteiger partial charge in [0.15, 0.2) is 0 Å². The van der Waals surface area contributed by atoms with E-state index < -0.39 is 35.7 Å². The first-order chi connectivity index (χ1) is 9.31. The van der Waals surface area contributed by atoms with E-state index in [2.05, 4.69) is 26.5 Å². The first-order valence-electron chi connectivity index (χ1n) is 5.08. The molecule has 0 bridgehead atoms. The van der Waals surface area contributed by atoms with Crippen LogP contribution in [0.15, 0.2) is 27.8 Å². The van der Waals surface area contributed by atoms with Gasteiger partial charge in [-0.05, 0) is 28.1 Å². The monoisotopic (exact) mass is 346 g/mol. The fourth-order valence-electron chi connectivity index (χ4n) is 1.14. The Balaban J connectivity index is 2.92. The fourth-order valence-corrected chi connectivity index (χ4v) is 1.38. The zero-order valence-corrected chi connectivity index (χ0v) is 11.3. The molecule has 3 N–H and O–H groups in total. The van der Waals surface area contributed by atoms with E-state index in [4.69, 9.17) is 10.2 Å². The molecule has 0 aliphatic rings. The van der Waals surface area contributed by atoms with Crippen molar-refractivity contribution in [2.24, 2.45) is 5.10 Å². The number of benzene rings is 1. The van der Waals surface area contributed by atoms with Crippen molar-refractivity contribution in [2.45, 2.75) is 6.42 Å². The van der Waals surface area contributed by atoms with Gasteiger partial charge in [0.1, 0.15) is 12.2 Å². The van der Waals surface area contributed by atoms with Crippen LogP contribution in [0.25, 0.3) is 0 Å². The average Bonchev–Trinajstić information content (AvgIpc) is 2.32. The summed E-state index contributed by atoms with van der Waals surface area (Å²) in [5, 5.41) is 20.5. The van der Waals surface area contributed by atoms with Crippen LogP contribution in [-0.2, 0) is 14.4 Å². The lowest BCUT2D eigenvalue weighted by Gasteiger charge is -2.03. The summed E-state index contributed by atoms with van der Waals surface area (Å²) in [5.74, 6) is -4.94. The number of nitrogens with zero attached hydrogens (tertiary/aromatic N) is 1. The number of hydrogen-bond acceptors (Lipinski definition) is 5. The number of hydrazone groups is 1. The molecule has 0 unspecified atom stereocenters. The number of nitrogens with one attached hydrogen (secondary N) is 1. The van der Waals surface area contributed by atoms with E-state index in [1.807, 2.05) is 0 Å². The van der Waals surface area contributed by atoms with Gasteiger partial charge >= 0.3 is 11.9 Å². The van der Waals surface area contributed by atoms with E-state index in [-0.39, 0.29) is 10.2 Å². The van der Waals surface area contributed by atoms with E-state index in [0.29, 0.717) is 0 Å². The molecule has 0 spiro atoms. The first-order valence-corrected chi connectivity index (χ1v) is 5.87. The quantitative estimate of drug-likeness (QED) is 0.408. The van der Waals surface area contributed by atoms with E-state index in [0.717, 1.165) is 6.07 Å². The van der Waals surface area contributed by atoms with Gasteiger partial charge in [-0.25, -0.2) is 9.18 Å². The van der Waals surface area contributed by atoms with Gasteiger partial charge in [0, 0.05) is 6.07 Å². The number of carbonyl (C=O) groups excluding carboxylic acids is 1. The summed E-state index contributed by atoms with van der Waals surface area (Å²) in [7, 11) is 0. The molecule has 106 valence electrons. The van der Waals surface area contributed by atoms with E-state index in [1.54, 1.807) is 0 Å². The molecule has 0 aliphatic carbocycles. The molecule has 0 saturated carbocycles. The van der Waals surface area contributed by atoms with Crippen LogP contribution in [0, 0.1) is 5.82 Å². The van der Waals surface area contributed by atoms with E-state index in [9.17, 15) is 18.8 Å². The minimum Gasteiger partial charge on any atom is -0.481 e. The van der Waals surface area contributed by atoms with E-state index in [1.165, 1.54) is 12.1 Å². The third-order valence-corrected chi connectivity index (χ3v) is 2.64. The highest BCUT2D eigenvalue weighted by atomic mass is 79.9. The number of carboxylic acid groups (broad SMARTS) is 2. The molecule has 0 aromatic heterocycles. The van der Waals surface area contributed by atoms with Crippen molar-refractivity contribution in [3.8, 4) is 0 Å². The Labute approximate surface area is 120 Å².